The molecule has 0 radical (unpaired) electrons. The molecule has 0 unspecified atom stereocenters. The molecule has 1 amide bonds. The van der Waals surface area contributed by atoms with E-state index in [4.69, 9.17) is 5.73 Å². The lowest BCUT2D eigenvalue weighted by molar-refractivity contribution is -0.170. The summed E-state index contributed by atoms with van der Waals surface area (Å²) in [4.78, 5) is 25.2. The molecule has 0 atom stereocenters. The van der Waals surface area contributed by atoms with Gasteiger partial charge >= 0.3 is 12.1 Å². The topological polar surface area (TPSA) is 85.0 Å². The summed E-state index contributed by atoms with van der Waals surface area (Å²) in [7, 11) is 1.09. The van der Waals surface area contributed by atoms with Gasteiger partial charge in [-0.05, 0) is 53.9 Å². The van der Waals surface area contributed by atoms with Crippen molar-refractivity contribution >= 4 is 44.4 Å². The number of fused-ring (bicyclic) bond motifs is 1. The molecule has 0 aliphatic rings. The second-order valence-corrected chi connectivity index (χ2v) is 8.30. The third-order valence-electron chi connectivity index (χ3n) is 5.17. The summed E-state index contributed by atoms with van der Waals surface area (Å²) in [5.74, 6) is -1.65. The van der Waals surface area contributed by atoms with Crippen LogP contribution in [-0.2, 0) is 4.79 Å². The minimum Gasteiger partial charge on any atom is -0.383 e. The Morgan fingerprint density at radius 3 is 2.48 bits per heavy atom. The lowest BCUT2D eigenvalue weighted by atomic mass is 9.99. The van der Waals surface area contributed by atoms with Crippen molar-refractivity contribution in [1.29, 1.82) is 0 Å². The molecular formula is C23H17BrF3N5O. The molecule has 4 rings (SSSR count). The van der Waals surface area contributed by atoms with Crippen LogP contribution in [0.15, 0.2) is 59.3 Å². The van der Waals surface area contributed by atoms with Crippen molar-refractivity contribution in [3.05, 3.63) is 64.9 Å². The summed E-state index contributed by atoms with van der Waals surface area (Å²) in [5, 5.41) is 0.600. The van der Waals surface area contributed by atoms with E-state index in [9.17, 15) is 18.0 Å². The Morgan fingerprint density at radius 1 is 1.06 bits per heavy atom. The van der Waals surface area contributed by atoms with Gasteiger partial charge in [-0.2, -0.15) is 13.2 Å². The molecule has 0 spiro atoms. The van der Waals surface area contributed by atoms with Gasteiger partial charge in [0.25, 0.3) is 0 Å². The Labute approximate surface area is 195 Å². The number of aromatic nitrogens is 3. The van der Waals surface area contributed by atoms with Crippen LogP contribution in [0.3, 0.4) is 0 Å². The Balaban J connectivity index is 1.86. The fourth-order valence-electron chi connectivity index (χ4n) is 3.61. The first-order valence-electron chi connectivity index (χ1n) is 9.69. The van der Waals surface area contributed by atoms with Crippen LogP contribution in [0.4, 0.5) is 24.7 Å². The largest absolute Gasteiger partial charge is 0.471 e. The van der Waals surface area contributed by atoms with E-state index in [1.54, 1.807) is 19.1 Å². The number of pyridine rings is 1. The van der Waals surface area contributed by atoms with Crippen LogP contribution in [0.25, 0.3) is 33.4 Å². The van der Waals surface area contributed by atoms with E-state index in [0.717, 1.165) is 22.6 Å². The van der Waals surface area contributed by atoms with Crippen molar-refractivity contribution in [2.45, 2.75) is 13.1 Å². The van der Waals surface area contributed by atoms with Gasteiger partial charge in [0.1, 0.15) is 12.1 Å². The second-order valence-electron chi connectivity index (χ2n) is 7.39. The number of anilines is 2. The van der Waals surface area contributed by atoms with E-state index in [1.165, 1.54) is 12.4 Å². The molecule has 0 aliphatic carbocycles. The molecule has 6 nitrogen and oxygen atoms in total. The highest BCUT2D eigenvalue weighted by atomic mass is 79.9. The number of nitrogen functional groups attached to an aromatic ring is 1. The number of aryl methyl sites for hydroxylation is 1. The maximum atomic E-state index is 12.8. The van der Waals surface area contributed by atoms with Crippen LogP contribution in [0, 0.1) is 6.92 Å². The Bertz CT molecular complexity index is 1390. The van der Waals surface area contributed by atoms with E-state index in [2.05, 4.69) is 30.9 Å². The van der Waals surface area contributed by atoms with Gasteiger partial charge in [0.2, 0.25) is 0 Å². The smallest absolute Gasteiger partial charge is 0.383 e. The number of nitrogens with two attached hydrogens (primary N) is 1. The highest BCUT2D eigenvalue weighted by molar-refractivity contribution is 9.10. The van der Waals surface area contributed by atoms with Crippen molar-refractivity contribution in [1.82, 2.24) is 15.0 Å². The number of amides is 1. The highest BCUT2D eigenvalue weighted by Gasteiger charge is 2.42. The fourth-order valence-corrected chi connectivity index (χ4v) is 4.01. The number of nitrogens with zero attached hydrogens (tertiary/aromatic N) is 4. The van der Waals surface area contributed by atoms with Gasteiger partial charge in [0.15, 0.2) is 5.65 Å². The minimum absolute atomic E-state index is 0.153. The number of hydrogen-bond acceptors (Lipinski definition) is 5. The van der Waals surface area contributed by atoms with Crippen LogP contribution in [0.5, 0.6) is 0 Å². The zero-order valence-corrected chi connectivity index (χ0v) is 19.1. The molecule has 0 bridgehead atoms. The Kier molecular flexibility index (Phi) is 5.79. The highest BCUT2D eigenvalue weighted by Crippen LogP contribution is 2.36. The average Bonchev–Trinajstić information content (AvgIpc) is 2.77. The van der Waals surface area contributed by atoms with Crippen LogP contribution in [-0.4, -0.2) is 34.1 Å². The zero-order chi connectivity index (χ0) is 23.9. The zero-order valence-electron chi connectivity index (χ0n) is 17.5. The lowest BCUT2D eigenvalue weighted by Gasteiger charge is -2.21. The Hall–Kier alpha value is -3.53. The van der Waals surface area contributed by atoms with E-state index >= 15 is 0 Å². The summed E-state index contributed by atoms with van der Waals surface area (Å²) in [6.07, 6.45) is -3.64. The van der Waals surface area contributed by atoms with E-state index < -0.39 is 12.1 Å². The Morgan fingerprint density at radius 2 is 1.82 bits per heavy atom. The summed E-state index contributed by atoms with van der Waals surface area (Å²) in [6, 6.07) is 14.2. The van der Waals surface area contributed by atoms with Crippen molar-refractivity contribution < 1.29 is 18.0 Å². The molecule has 0 saturated heterocycles. The number of rotatable bonds is 3. The first-order valence-corrected chi connectivity index (χ1v) is 10.5. The number of carbonyl (C=O) groups is 1. The maximum absolute atomic E-state index is 12.8. The number of hydrogen-bond donors (Lipinski definition) is 1. The van der Waals surface area contributed by atoms with Gasteiger partial charge in [-0.15, -0.1) is 0 Å². The molecule has 168 valence electrons. The molecular weight excluding hydrogens is 499 g/mol. The number of benzene rings is 2. The van der Waals surface area contributed by atoms with Gasteiger partial charge in [-0.1, -0.05) is 34.1 Å². The van der Waals surface area contributed by atoms with E-state index in [1.807, 2.05) is 30.3 Å². The quantitative estimate of drug-likeness (QED) is 0.387. The summed E-state index contributed by atoms with van der Waals surface area (Å²) in [5.41, 5.74) is 9.99. The number of carbonyl (C=O) groups excluding carboxylic acids is 1. The predicted octanol–water partition coefficient (Wildman–Crippen LogP) is 5.54. The fraction of sp³-hybridized carbons (Fsp3) is 0.130. The molecule has 2 N–H and O–H groups in total. The SMILES string of the molecule is Cc1cc(-c2cc(-c3cccc(Br)c3)c3c(N)ncnc3n2)ccc1N(C)C(=O)C(F)(F)F. The molecule has 0 saturated carbocycles. The number of alkyl halides is 3. The van der Waals surface area contributed by atoms with Gasteiger partial charge in [0, 0.05) is 22.8 Å². The monoisotopic (exact) mass is 515 g/mol. The number of halogens is 4. The van der Waals surface area contributed by atoms with E-state index in [-0.39, 0.29) is 11.5 Å². The third-order valence-corrected chi connectivity index (χ3v) is 5.66. The minimum atomic E-state index is -4.96. The first kappa shape index (κ1) is 22.7. The van der Waals surface area contributed by atoms with E-state index in [0.29, 0.717) is 32.8 Å². The third kappa shape index (κ3) is 4.38. The normalized spacial score (nSPS) is 11.6. The molecule has 10 heteroatoms. The van der Waals surface area contributed by atoms with Gasteiger partial charge in [-0.3, -0.25) is 4.79 Å². The predicted molar refractivity (Wildman–Crippen MR) is 125 cm³/mol. The lowest BCUT2D eigenvalue weighted by Crippen LogP contribution is -2.38. The van der Waals surface area contributed by atoms with Crippen molar-refractivity contribution in [3.63, 3.8) is 0 Å². The standard InChI is InChI=1S/C23H17BrF3N5O/c1-12-8-14(6-7-18(12)32(2)22(33)23(25,26)27)17-10-16(13-4-3-5-15(24)9-13)19-20(28)29-11-30-21(19)31-17/h3-11H,1-2H3,(H2,28,29,30,31). The maximum Gasteiger partial charge on any atom is 0.471 e. The average molecular weight is 516 g/mol. The summed E-state index contributed by atoms with van der Waals surface area (Å²) < 4.78 is 39.4. The molecule has 33 heavy (non-hydrogen) atoms. The van der Waals surface area contributed by atoms with Crippen molar-refractivity contribution in [3.8, 4) is 22.4 Å². The van der Waals surface area contributed by atoms with Crippen LogP contribution in [0.1, 0.15) is 5.56 Å². The molecule has 2 aromatic carbocycles. The molecule has 4 aromatic rings. The molecule has 2 heterocycles. The van der Waals surface area contributed by atoms with Gasteiger partial charge in [-0.25, -0.2) is 15.0 Å². The van der Waals surface area contributed by atoms with Crippen LogP contribution in [0.2, 0.25) is 0 Å². The molecule has 2 aromatic heterocycles. The second kappa shape index (κ2) is 8.43. The van der Waals surface area contributed by atoms with Gasteiger partial charge < -0.3 is 10.6 Å². The van der Waals surface area contributed by atoms with Crippen LogP contribution >= 0.6 is 15.9 Å². The van der Waals surface area contributed by atoms with Gasteiger partial charge in [0.05, 0.1) is 11.1 Å². The van der Waals surface area contributed by atoms with Crippen LogP contribution < -0.4 is 10.6 Å². The van der Waals surface area contributed by atoms with Crippen molar-refractivity contribution in [2.75, 3.05) is 17.7 Å². The molecule has 0 aliphatic heterocycles. The summed E-state index contributed by atoms with van der Waals surface area (Å²) >= 11 is 3.47. The van der Waals surface area contributed by atoms with Crippen molar-refractivity contribution in [2.24, 2.45) is 0 Å². The first-order chi connectivity index (χ1) is 15.6. The summed E-state index contributed by atoms with van der Waals surface area (Å²) in [6.45, 7) is 1.63. The molecule has 0 fully saturated rings.